The summed E-state index contributed by atoms with van der Waals surface area (Å²) in [5.41, 5.74) is 5.76. The third kappa shape index (κ3) is 12.3. The van der Waals surface area contributed by atoms with Crippen molar-refractivity contribution < 1.29 is 20.4 Å². The van der Waals surface area contributed by atoms with Gasteiger partial charge in [-0.15, -0.1) is 0 Å². The van der Waals surface area contributed by atoms with E-state index in [1.807, 2.05) is 113 Å². The first-order valence-corrected chi connectivity index (χ1v) is 12.2. The van der Waals surface area contributed by atoms with E-state index in [2.05, 4.69) is 0 Å². The van der Waals surface area contributed by atoms with Gasteiger partial charge in [0.25, 0.3) is 0 Å². The number of hydrogen-bond donors (Lipinski definition) is 4. The Morgan fingerprint density at radius 1 is 0.421 bits per heavy atom. The molecule has 0 saturated carbocycles. The van der Waals surface area contributed by atoms with Gasteiger partial charge in [0.15, 0.2) is 0 Å². The molecule has 4 nitrogen and oxygen atoms in total. The SMILES string of the molecule is CC(C=CC=C(C)C=Cc1cc(O)cc(O)c1)=CC=CC=C(C)C=CC=C(C)C=Cc1cc(O)cc(O)c1. The predicted octanol–water partition coefficient (Wildman–Crippen LogP) is 8.69. The van der Waals surface area contributed by atoms with Crippen LogP contribution < -0.4 is 0 Å². The third-order valence-corrected chi connectivity index (χ3v) is 5.19. The van der Waals surface area contributed by atoms with Gasteiger partial charge in [-0.2, -0.15) is 0 Å². The molecule has 38 heavy (non-hydrogen) atoms. The Hall–Kier alpha value is -4.70. The normalized spacial score (nSPS) is 14.3. The Labute approximate surface area is 225 Å². The zero-order valence-corrected chi connectivity index (χ0v) is 22.3. The molecule has 0 unspecified atom stereocenters. The summed E-state index contributed by atoms with van der Waals surface area (Å²) in [5, 5.41) is 38.2. The minimum Gasteiger partial charge on any atom is -0.508 e. The van der Waals surface area contributed by atoms with Gasteiger partial charge in [-0.3, -0.25) is 0 Å². The van der Waals surface area contributed by atoms with E-state index in [4.69, 9.17) is 0 Å². The van der Waals surface area contributed by atoms with E-state index in [0.717, 1.165) is 33.4 Å². The molecule has 2 aromatic rings. The summed E-state index contributed by atoms with van der Waals surface area (Å²) >= 11 is 0. The van der Waals surface area contributed by atoms with Gasteiger partial charge in [-0.05, 0) is 63.1 Å². The van der Waals surface area contributed by atoms with Gasteiger partial charge in [-0.25, -0.2) is 0 Å². The largest absolute Gasteiger partial charge is 0.508 e. The first-order chi connectivity index (χ1) is 18.1. The van der Waals surface area contributed by atoms with Crippen molar-refractivity contribution in [1.82, 2.24) is 0 Å². The average molecular weight is 509 g/mol. The van der Waals surface area contributed by atoms with Crippen LogP contribution in [0, 0.1) is 0 Å². The van der Waals surface area contributed by atoms with Crippen LogP contribution in [0.4, 0.5) is 0 Å². The molecule has 0 aliphatic heterocycles. The molecule has 0 radical (unpaired) electrons. The zero-order valence-electron chi connectivity index (χ0n) is 22.3. The lowest BCUT2D eigenvalue weighted by Gasteiger charge is -1.98. The summed E-state index contributed by atoms with van der Waals surface area (Å²) in [6, 6.07) is 8.97. The van der Waals surface area contributed by atoms with Crippen LogP contribution in [0.5, 0.6) is 23.0 Å². The van der Waals surface area contributed by atoms with Crippen molar-refractivity contribution in [1.29, 1.82) is 0 Å². The molecular weight excluding hydrogens is 472 g/mol. The van der Waals surface area contributed by atoms with Gasteiger partial charge in [0.05, 0.1) is 0 Å². The smallest absolute Gasteiger partial charge is 0.119 e. The fraction of sp³-hybridized carbons (Fsp3) is 0.118. The molecule has 0 atom stereocenters. The van der Waals surface area contributed by atoms with Crippen molar-refractivity contribution in [2.45, 2.75) is 27.7 Å². The lowest BCUT2D eigenvalue weighted by molar-refractivity contribution is 0.449. The van der Waals surface area contributed by atoms with Gasteiger partial charge in [0.2, 0.25) is 0 Å². The summed E-state index contributed by atoms with van der Waals surface area (Å²) in [5.74, 6) is 0.134. The third-order valence-electron chi connectivity index (χ3n) is 5.19. The monoisotopic (exact) mass is 508 g/mol. The maximum absolute atomic E-state index is 9.55. The van der Waals surface area contributed by atoms with E-state index in [1.165, 1.54) is 12.1 Å². The Kier molecular flexibility index (Phi) is 12.0. The lowest BCUT2D eigenvalue weighted by atomic mass is 10.1. The lowest BCUT2D eigenvalue weighted by Crippen LogP contribution is -1.74. The van der Waals surface area contributed by atoms with Crippen LogP contribution in [-0.2, 0) is 0 Å². The second-order valence-corrected chi connectivity index (χ2v) is 8.98. The number of allylic oxidation sites excluding steroid dienone is 16. The van der Waals surface area contributed by atoms with E-state index < -0.39 is 0 Å². The minimum atomic E-state index is 0.0335. The molecule has 196 valence electrons. The van der Waals surface area contributed by atoms with Crippen LogP contribution >= 0.6 is 0 Å². The second kappa shape index (κ2) is 15.4. The van der Waals surface area contributed by atoms with Crippen molar-refractivity contribution in [3.63, 3.8) is 0 Å². The fourth-order valence-electron chi connectivity index (χ4n) is 3.22. The molecule has 4 heteroatoms. The average Bonchev–Trinajstić information content (AvgIpc) is 2.83. The number of benzene rings is 2. The summed E-state index contributed by atoms with van der Waals surface area (Å²) in [7, 11) is 0. The van der Waals surface area contributed by atoms with Crippen LogP contribution in [0.3, 0.4) is 0 Å². The van der Waals surface area contributed by atoms with Gasteiger partial charge < -0.3 is 20.4 Å². The van der Waals surface area contributed by atoms with Gasteiger partial charge in [-0.1, -0.05) is 107 Å². The van der Waals surface area contributed by atoms with Crippen LogP contribution in [0.25, 0.3) is 12.2 Å². The summed E-state index contributed by atoms with van der Waals surface area (Å²) in [6.07, 6.45) is 27.6. The summed E-state index contributed by atoms with van der Waals surface area (Å²) in [4.78, 5) is 0. The second-order valence-electron chi connectivity index (χ2n) is 8.98. The maximum Gasteiger partial charge on any atom is 0.119 e. The molecule has 0 amide bonds. The Morgan fingerprint density at radius 2 is 0.711 bits per heavy atom. The molecular formula is C34H36O4. The molecule has 0 heterocycles. The predicted molar refractivity (Wildman–Crippen MR) is 160 cm³/mol. The number of hydrogen-bond acceptors (Lipinski definition) is 4. The molecule has 0 aliphatic rings. The molecule has 2 rings (SSSR count). The minimum absolute atomic E-state index is 0.0335. The standard InChI is InChI=1S/C34H36O4/c1-25(11-7-13-27(3)15-17-29-19-31(35)23-32(36)20-29)9-5-6-10-26(2)12-8-14-28(4)16-18-30-21-33(37)24-34(38)22-30/h5-24,35-38H,1-4H3. The highest BCUT2D eigenvalue weighted by molar-refractivity contribution is 5.58. The van der Waals surface area contributed by atoms with Gasteiger partial charge in [0.1, 0.15) is 23.0 Å². The van der Waals surface area contributed by atoms with Crippen LogP contribution in [0.2, 0.25) is 0 Å². The molecule has 2 aromatic carbocycles. The highest BCUT2D eigenvalue weighted by Crippen LogP contribution is 2.22. The molecule has 0 saturated heterocycles. The Balaban J connectivity index is 1.86. The molecule has 0 spiro atoms. The number of phenols is 4. The first-order valence-electron chi connectivity index (χ1n) is 12.2. The quantitative estimate of drug-likeness (QED) is 0.242. The molecule has 0 aromatic heterocycles. The number of aromatic hydroxyl groups is 4. The number of phenolic OH excluding ortho intramolecular Hbond substituents is 4. The maximum atomic E-state index is 9.55. The summed E-state index contributed by atoms with van der Waals surface area (Å²) < 4.78 is 0. The molecule has 0 fully saturated rings. The molecule has 4 N–H and O–H groups in total. The highest BCUT2D eigenvalue weighted by Gasteiger charge is 1.96. The topological polar surface area (TPSA) is 80.9 Å². The van der Waals surface area contributed by atoms with E-state index in [9.17, 15) is 20.4 Å². The van der Waals surface area contributed by atoms with E-state index in [1.54, 1.807) is 24.3 Å². The van der Waals surface area contributed by atoms with Crippen LogP contribution in [-0.4, -0.2) is 20.4 Å². The van der Waals surface area contributed by atoms with Crippen LogP contribution in [0.1, 0.15) is 38.8 Å². The van der Waals surface area contributed by atoms with E-state index >= 15 is 0 Å². The van der Waals surface area contributed by atoms with Gasteiger partial charge >= 0.3 is 0 Å². The molecule has 0 bridgehead atoms. The zero-order chi connectivity index (χ0) is 27.9. The Bertz CT molecular complexity index is 1230. The van der Waals surface area contributed by atoms with E-state index in [-0.39, 0.29) is 23.0 Å². The van der Waals surface area contributed by atoms with Crippen molar-refractivity contribution in [3.05, 3.63) is 143 Å². The van der Waals surface area contributed by atoms with Crippen molar-refractivity contribution >= 4 is 12.2 Å². The van der Waals surface area contributed by atoms with Crippen LogP contribution in [0.15, 0.2) is 132 Å². The van der Waals surface area contributed by atoms with Crippen molar-refractivity contribution in [2.24, 2.45) is 0 Å². The first kappa shape index (κ1) is 29.5. The fourth-order valence-corrected chi connectivity index (χ4v) is 3.22. The van der Waals surface area contributed by atoms with Crippen molar-refractivity contribution in [3.8, 4) is 23.0 Å². The van der Waals surface area contributed by atoms with Crippen molar-refractivity contribution in [2.75, 3.05) is 0 Å². The molecule has 0 aliphatic carbocycles. The Morgan fingerprint density at radius 3 is 1.05 bits per heavy atom. The summed E-state index contributed by atoms with van der Waals surface area (Å²) in [6.45, 7) is 8.03. The number of rotatable bonds is 10. The highest BCUT2D eigenvalue weighted by atomic mass is 16.3. The van der Waals surface area contributed by atoms with Gasteiger partial charge in [0, 0.05) is 12.1 Å². The van der Waals surface area contributed by atoms with E-state index in [0.29, 0.717) is 0 Å².